The van der Waals surface area contributed by atoms with Gasteiger partial charge in [-0.3, -0.25) is 19.4 Å². The fraction of sp³-hybridized carbons (Fsp3) is 0.429. The van der Waals surface area contributed by atoms with Gasteiger partial charge in [0.05, 0.1) is 0 Å². The van der Waals surface area contributed by atoms with Gasteiger partial charge in [0.15, 0.2) is 0 Å². The number of rotatable bonds is 4. The monoisotopic (exact) mass is 275 g/mol. The molecule has 2 atom stereocenters. The van der Waals surface area contributed by atoms with Crippen LogP contribution in [-0.2, 0) is 9.59 Å². The Kier molecular flexibility index (Phi) is 4.45. The van der Waals surface area contributed by atoms with E-state index in [0.29, 0.717) is 12.8 Å². The van der Waals surface area contributed by atoms with Crippen LogP contribution in [0.15, 0.2) is 24.4 Å². The summed E-state index contributed by atoms with van der Waals surface area (Å²) in [7, 11) is 0. The van der Waals surface area contributed by atoms with E-state index in [9.17, 15) is 14.4 Å². The minimum absolute atomic E-state index is 0.111. The van der Waals surface area contributed by atoms with E-state index >= 15 is 0 Å². The van der Waals surface area contributed by atoms with Crippen LogP contribution in [0.5, 0.6) is 0 Å². The molecule has 0 aromatic carbocycles. The molecule has 1 aromatic rings. The highest BCUT2D eigenvalue weighted by Crippen LogP contribution is 2.24. The summed E-state index contributed by atoms with van der Waals surface area (Å²) in [6.07, 6.45) is 3.76. The van der Waals surface area contributed by atoms with Crippen LogP contribution in [0, 0.1) is 5.92 Å². The summed E-state index contributed by atoms with van der Waals surface area (Å²) in [6.45, 7) is 0. The van der Waals surface area contributed by atoms with E-state index in [2.05, 4.69) is 10.3 Å². The van der Waals surface area contributed by atoms with Crippen molar-refractivity contribution in [3.05, 3.63) is 30.1 Å². The number of amides is 2. The molecular formula is C14H17N3O3. The Hall–Kier alpha value is -2.24. The summed E-state index contributed by atoms with van der Waals surface area (Å²) < 4.78 is 0. The first-order chi connectivity index (χ1) is 9.58. The van der Waals surface area contributed by atoms with Gasteiger partial charge in [-0.25, -0.2) is 0 Å². The number of ketones is 1. The molecule has 1 fully saturated rings. The van der Waals surface area contributed by atoms with Gasteiger partial charge in [-0.05, 0) is 30.9 Å². The molecule has 0 saturated heterocycles. The zero-order valence-corrected chi connectivity index (χ0v) is 11.0. The summed E-state index contributed by atoms with van der Waals surface area (Å²) >= 11 is 0. The van der Waals surface area contributed by atoms with Crippen molar-refractivity contribution >= 4 is 17.6 Å². The van der Waals surface area contributed by atoms with Crippen LogP contribution in [0.3, 0.4) is 0 Å². The minimum atomic E-state index is -0.825. The number of nitrogens with zero attached hydrogens (tertiary/aromatic N) is 1. The average molecular weight is 275 g/mol. The van der Waals surface area contributed by atoms with Crippen LogP contribution in [0.2, 0.25) is 0 Å². The number of nitrogens with one attached hydrogen (secondary N) is 1. The third kappa shape index (κ3) is 3.40. The van der Waals surface area contributed by atoms with Gasteiger partial charge in [-0.15, -0.1) is 0 Å². The smallest absolute Gasteiger partial charge is 0.270 e. The Balaban J connectivity index is 2.08. The second kappa shape index (κ2) is 6.27. The summed E-state index contributed by atoms with van der Waals surface area (Å²) in [6, 6.07) is 4.11. The van der Waals surface area contributed by atoms with Gasteiger partial charge in [-0.1, -0.05) is 6.07 Å². The van der Waals surface area contributed by atoms with E-state index < -0.39 is 17.9 Å². The average Bonchev–Trinajstić information content (AvgIpc) is 2.45. The molecule has 0 bridgehead atoms. The van der Waals surface area contributed by atoms with Crippen molar-refractivity contribution in [2.24, 2.45) is 11.7 Å². The number of primary amides is 1. The van der Waals surface area contributed by atoms with Crippen LogP contribution in [0.4, 0.5) is 0 Å². The third-order valence-corrected chi connectivity index (χ3v) is 3.48. The molecule has 6 heteroatoms. The van der Waals surface area contributed by atoms with Crippen molar-refractivity contribution in [1.29, 1.82) is 0 Å². The van der Waals surface area contributed by atoms with Crippen LogP contribution in [0.25, 0.3) is 0 Å². The lowest BCUT2D eigenvalue weighted by atomic mass is 9.83. The maximum atomic E-state index is 12.0. The number of carbonyl (C=O) groups is 3. The Morgan fingerprint density at radius 3 is 2.80 bits per heavy atom. The van der Waals surface area contributed by atoms with Gasteiger partial charge in [0.1, 0.15) is 17.5 Å². The van der Waals surface area contributed by atoms with E-state index in [4.69, 9.17) is 5.73 Å². The highest BCUT2D eigenvalue weighted by atomic mass is 16.2. The SMILES string of the molecule is NC(=O)[C@@H](NC(=O)c1ccccn1)[C@@H]1CCCC(=O)C1. The molecule has 1 aliphatic carbocycles. The van der Waals surface area contributed by atoms with Gasteiger partial charge >= 0.3 is 0 Å². The van der Waals surface area contributed by atoms with Crippen LogP contribution >= 0.6 is 0 Å². The van der Waals surface area contributed by atoms with E-state index in [1.807, 2.05) is 0 Å². The van der Waals surface area contributed by atoms with Crippen LogP contribution in [-0.4, -0.2) is 28.6 Å². The standard InChI is InChI=1S/C14H17N3O3/c15-13(19)12(9-4-3-5-10(18)8-9)17-14(20)11-6-1-2-7-16-11/h1-2,6-7,9,12H,3-5,8H2,(H2,15,19)(H,17,20)/t9-,12+/m1/s1. The lowest BCUT2D eigenvalue weighted by Gasteiger charge is -2.27. The first-order valence-electron chi connectivity index (χ1n) is 6.61. The van der Waals surface area contributed by atoms with Crippen molar-refractivity contribution in [2.45, 2.75) is 31.7 Å². The number of aromatic nitrogens is 1. The number of pyridine rings is 1. The zero-order valence-electron chi connectivity index (χ0n) is 11.0. The second-order valence-electron chi connectivity index (χ2n) is 4.96. The maximum absolute atomic E-state index is 12.0. The predicted molar refractivity (Wildman–Crippen MR) is 71.7 cm³/mol. The summed E-state index contributed by atoms with van der Waals surface area (Å²) in [4.78, 5) is 39.0. The fourth-order valence-corrected chi connectivity index (χ4v) is 2.48. The zero-order chi connectivity index (χ0) is 14.5. The lowest BCUT2D eigenvalue weighted by molar-refractivity contribution is -0.124. The molecule has 106 valence electrons. The van der Waals surface area contributed by atoms with Crippen molar-refractivity contribution in [3.8, 4) is 0 Å². The van der Waals surface area contributed by atoms with Crippen molar-refractivity contribution < 1.29 is 14.4 Å². The number of carbonyl (C=O) groups excluding carboxylic acids is 3. The quantitative estimate of drug-likeness (QED) is 0.831. The molecule has 2 amide bonds. The minimum Gasteiger partial charge on any atom is -0.368 e. The molecule has 1 aliphatic rings. The topological polar surface area (TPSA) is 102 Å². The molecule has 20 heavy (non-hydrogen) atoms. The molecule has 0 unspecified atom stereocenters. The first-order valence-corrected chi connectivity index (χ1v) is 6.61. The molecule has 1 aromatic heterocycles. The number of hydrogen-bond acceptors (Lipinski definition) is 4. The second-order valence-corrected chi connectivity index (χ2v) is 4.96. The normalized spacial score (nSPS) is 20.2. The number of hydrogen-bond donors (Lipinski definition) is 2. The van der Waals surface area contributed by atoms with Gasteiger partial charge in [-0.2, -0.15) is 0 Å². The Bertz CT molecular complexity index is 516. The molecule has 0 aliphatic heterocycles. The van der Waals surface area contributed by atoms with Crippen molar-refractivity contribution in [2.75, 3.05) is 0 Å². The Morgan fingerprint density at radius 2 is 2.20 bits per heavy atom. The Labute approximate surface area is 116 Å². The van der Waals surface area contributed by atoms with Crippen LogP contribution < -0.4 is 11.1 Å². The summed E-state index contributed by atoms with van der Waals surface area (Å²) in [5.41, 5.74) is 5.58. The fourth-order valence-electron chi connectivity index (χ4n) is 2.48. The van der Waals surface area contributed by atoms with Gasteiger partial charge < -0.3 is 11.1 Å². The van der Waals surface area contributed by atoms with Gasteiger partial charge in [0, 0.05) is 19.0 Å². The lowest BCUT2D eigenvalue weighted by Crippen LogP contribution is -2.50. The molecule has 1 heterocycles. The number of nitrogens with two attached hydrogens (primary N) is 1. The largest absolute Gasteiger partial charge is 0.368 e. The van der Waals surface area contributed by atoms with Crippen LogP contribution in [0.1, 0.15) is 36.2 Å². The van der Waals surface area contributed by atoms with E-state index in [0.717, 1.165) is 6.42 Å². The predicted octanol–water partition coefficient (Wildman–Crippen LogP) is 0.425. The van der Waals surface area contributed by atoms with Gasteiger partial charge in [0.2, 0.25) is 5.91 Å². The molecule has 0 radical (unpaired) electrons. The van der Waals surface area contributed by atoms with Crippen molar-refractivity contribution in [3.63, 3.8) is 0 Å². The van der Waals surface area contributed by atoms with Crippen molar-refractivity contribution in [1.82, 2.24) is 10.3 Å². The molecule has 6 nitrogen and oxygen atoms in total. The summed E-state index contributed by atoms with van der Waals surface area (Å²) in [5, 5.41) is 2.59. The molecule has 2 rings (SSSR count). The maximum Gasteiger partial charge on any atom is 0.270 e. The molecular weight excluding hydrogens is 258 g/mol. The molecule has 0 spiro atoms. The number of Topliss-reactive ketones (excluding diaryl/α,β-unsaturated/α-hetero) is 1. The molecule has 3 N–H and O–H groups in total. The Morgan fingerprint density at radius 1 is 1.40 bits per heavy atom. The van der Waals surface area contributed by atoms with E-state index in [1.165, 1.54) is 6.20 Å². The highest BCUT2D eigenvalue weighted by Gasteiger charge is 2.32. The van der Waals surface area contributed by atoms with Gasteiger partial charge in [0.25, 0.3) is 5.91 Å². The highest BCUT2D eigenvalue weighted by molar-refractivity contribution is 5.96. The van der Waals surface area contributed by atoms with E-state index in [1.54, 1.807) is 18.2 Å². The van der Waals surface area contributed by atoms with E-state index in [-0.39, 0.29) is 23.8 Å². The summed E-state index contributed by atoms with van der Waals surface area (Å²) in [5.74, 6) is -1.18. The molecule has 1 saturated carbocycles. The third-order valence-electron chi connectivity index (χ3n) is 3.48. The first kappa shape index (κ1) is 14.2.